The van der Waals surface area contributed by atoms with E-state index in [1.165, 1.54) is 23.5 Å². The third-order valence-electron chi connectivity index (χ3n) is 5.94. The number of rotatable bonds is 7. The van der Waals surface area contributed by atoms with Crippen molar-refractivity contribution in [3.63, 3.8) is 0 Å². The maximum absolute atomic E-state index is 13.3. The molecule has 0 bridgehead atoms. The lowest BCUT2D eigenvalue weighted by Crippen LogP contribution is -2.40. The zero-order valence-corrected chi connectivity index (χ0v) is 19.4. The van der Waals surface area contributed by atoms with Gasteiger partial charge in [0.1, 0.15) is 11.5 Å². The second-order valence-corrected chi connectivity index (χ2v) is 9.97. The summed E-state index contributed by atoms with van der Waals surface area (Å²) < 4.78 is 38.6. The molecule has 1 aliphatic heterocycles. The quantitative estimate of drug-likeness (QED) is 0.654. The molecule has 0 saturated carbocycles. The minimum absolute atomic E-state index is 0.0192. The fourth-order valence-corrected chi connectivity index (χ4v) is 5.33. The summed E-state index contributed by atoms with van der Waals surface area (Å²) in [7, 11) is 1.12. The van der Waals surface area contributed by atoms with E-state index in [2.05, 4.69) is 0 Å². The van der Waals surface area contributed by atoms with Gasteiger partial charge in [-0.15, -0.1) is 0 Å². The molecule has 0 radical (unpaired) electrons. The van der Waals surface area contributed by atoms with Crippen molar-refractivity contribution in [2.24, 2.45) is 5.92 Å². The number of methoxy groups -OCH3 is 2. The van der Waals surface area contributed by atoms with Crippen LogP contribution in [-0.4, -0.2) is 63.9 Å². The molecule has 1 aliphatic rings. The molecule has 2 aromatic rings. The van der Waals surface area contributed by atoms with Crippen molar-refractivity contribution in [3.8, 4) is 11.5 Å². The third-order valence-corrected chi connectivity index (χ3v) is 7.79. The second-order valence-electron chi connectivity index (χ2n) is 8.03. The van der Waals surface area contributed by atoms with Crippen molar-refractivity contribution in [2.45, 2.75) is 30.7 Å². The second kappa shape index (κ2) is 9.28. The van der Waals surface area contributed by atoms with Gasteiger partial charge < -0.3 is 14.4 Å². The maximum Gasteiger partial charge on any atom is 0.243 e. The number of ether oxygens (including phenoxy) is 2. The molecule has 2 atom stereocenters. The van der Waals surface area contributed by atoms with Crippen LogP contribution < -0.4 is 9.47 Å². The molecule has 1 fully saturated rings. The molecule has 0 aromatic heterocycles. The van der Waals surface area contributed by atoms with Crippen LogP contribution in [0.2, 0.25) is 0 Å². The van der Waals surface area contributed by atoms with Gasteiger partial charge in [0.05, 0.1) is 25.0 Å². The maximum atomic E-state index is 13.3. The first kappa shape index (κ1) is 23.1. The topological polar surface area (TPSA) is 76.2 Å². The van der Waals surface area contributed by atoms with Crippen molar-refractivity contribution in [1.82, 2.24) is 9.21 Å². The summed E-state index contributed by atoms with van der Waals surface area (Å²) in [5, 5.41) is 0. The van der Waals surface area contributed by atoms with Crippen LogP contribution in [0, 0.1) is 5.92 Å². The van der Waals surface area contributed by atoms with Gasteiger partial charge in [0.2, 0.25) is 15.9 Å². The number of sulfonamides is 1. The number of carbonyl (C=O) groups excluding carboxylic acids is 1. The molecule has 0 N–H and O–H groups in total. The lowest BCUT2D eigenvalue weighted by molar-refractivity contribution is -0.135. The first-order valence-electron chi connectivity index (χ1n) is 10.2. The Labute approximate surface area is 184 Å². The van der Waals surface area contributed by atoms with Crippen LogP contribution in [0.4, 0.5) is 0 Å². The predicted octanol–water partition coefficient (Wildman–Crippen LogP) is 2.97. The van der Waals surface area contributed by atoms with E-state index in [0.29, 0.717) is 11.5 Å². The van der Waals surface area contributed by atoms with E-state index in [9.17, 15) is 13.2 Å². The highest BCUT2D eigenvalue weighted by molar-refractivity contribution is 7.89. The first-order valence-corrected chi connectivity index (χ1v) is 11.7. The van der Waals surface area contributed by atoms with Crippen LogP contribution in [0.5, 0.6) is 11.5 Å². The van der Waals surface area contributed by atoms with Crippen LogP contribution in [0.15, 0.2) is 53.4 Å². The third kappa shape index (κ3) is 4.70. The average molecular weight is 447 g/mol. The molecule has 8 heteroatoms. The number of carbonyl (C=O) groups is 1. The van der Waals surface area contributed by atoms with Crippen molar-refractivity contribution in [2.75, 3.05) is 34.4 Å². The van der Waals surface area contributed by atoms with Crippen molar-refractivity contribution < 1.29 is 22.7 Å². The Balaban J connectivity index is 1.97. The van der Waals surface area contributed by atoms with Crippen LogP contribution in [0.1, 0.15) is 25.3 Å². The summed E-state index contributed by atoms with van der Waals surface area (Å²) >= 11 is 0. The number of nitrogens with zero attached hydrogens (tertiary/aromatic N) is 2. The molecule has 1 heterocycles. The molecule has 3 rings (SSSR count). The molecule has 31 heavy (non-hydrogen) atoms. The zero-order chi connectivity index (χ0) is 22.8. The Hall–Kier alpha value is -2.58. The van der Waals surface area contributed by atoms with E-state index in [-0.39, 0.29) is 35.9 Å². The number of amides is 1. The Bertz CT molecular complexity index is 1020. The molecule has 1 saturated heterocycles. The fraction of sp³-hybridized carbons (Fsp3) is 0.435. The highest BCUT2D eigenvalue weighted by Gasteiger charge is 2.44. The minimum atomic E-state index is -3.76. The number of hydrogen-bond donors (Lipinski definition) is 0. The molecule has 0 aliphatic carbocycles. The normalized spacial score (nSPS) is 19.4. The molecule has 2 aromatic carbocycles. The predicted molar refractivity (Wildman–Crippen MR) is 119 cm³/mol. The number of hydrogen-bond acceptors (Lipinski definition) is 5. The molecular formula is C23H30N2O5S. The van der Waals surface area contributed by atoms with E-state index >= 15 is 0 Å². The Morgan fingerprint density at radius 1 is 1.03 bits per heavy atom. The summed E-state index contributed by atoms with van der Waals surface area (Å²) in [4.78, 5) is 15.1. The monoisotopic (exact) mass is 446 g/mol. The summed E-state index contributed by atoms with van der Waals surface area (Å²) in [5.41, 5.74) is 0.891. The lowest BCUT2D eigenvalue weighted by atomic mass is 9.87. The molecule has 1 amide bonds. The van der Waals surface area contributed by atoms with Gasteiger partial charge in [-0.25, -0.2) is 8.42 Å². The molecule has 7 nitrogen and oxygen atoms in total. The van der Waals surface area contributed by atoms with Crippen molar-refractivity contribution in [3.05, 3.63) is 54.1 Å². The zero-order valence-electron chi connectivity index (χ0n) is 18.6. The molecule has 0 unspecified atom stereocenters. The lowest BCUT2D eigenvalue weighted by Gasteiger charge is -2.27. The van der Waals surface area contributed by atoms with Crippen LogP contribution in [0.3, 0.4) is 0 Å². The van der Waals surface area contributed by atoms with Gasteiger partial charge in [-0.2, -0.15) is 4.31 Å². The van der Waals surface area contributed by atoms with Gasteiger partial charge in [0, 0.05) is 32.1 Å². The van der Waals surface area contributed by atoms with Crippen molar-refractivity contribution in [1.29, 1.82) is 0 Å². The van der Waals surface area contributed by atoms with Crippen LogP contribution in [-0.2, 0) is 14.8 Å². The van der Waals surface area contributed by atoms with E-state index in [1.54, 1.807) is 31.2 Å². The highest BCUT2D eigenvalue weighted by atomic mass is 32.2. The summed E-state index contributed by atoms with van der Waals surface area (Å²) in [6.45, 7) is 4.24. The Morgan fingerprint density at radius 2 is 1.68 bits per heavy atom. The van der Waals surface area contributed by atoms with E-state index in [4.69, 9.17) is 9.47 Å². The van der Waals surface area contributed by atoms with E-state index < -0.39 is 15.9 Å². The van der Waals surface area contributed by atoms with E-state index in [0.717, 1.165) is 5.56 Å². The van der Waals surface area contributed by atoms with Crippen LogP contribution >= 0.6 is 0 Å². The standard InChI is InChI=1S/C23H30N2O5S/c1-16(2)24(3)23(26)22-15-25(14-21(22)17-7-6-8-19(13-17)30-5)31(27,28)20-11-9-18(29-4)10-12-20/h6-13,16,21-22H,14-15H2,1-5H3/t21-,22+/m1/s1. The highest BCUT2D eigenvalue weighted by Crippen LogP contribution is 2.38. The summed E-state index contributed by atoms with van der Waals surface area (Å²) in [6.07, 6.45) is 0. The van der Waals surface area contributed by atoms with Gasteiger partial charge in [0.15, 0.2) is 0 Å². The Morgan fingerprint density at radius 3 is 2.26 bits per heavy atom. The fourth-order valence-electron chi connectivity index (χ4n) is 3.84. The molecule has 0 spiro atoms. The first-order chi connectivity index (χ1) is 14.7. The average Bonchev–Trinajstić information content (AvgIpc) is 3.24. The van der Waals surface area contributed by atoms with Crippen molar-refractivity contribution >= 4 is 15.9 Å². The summed E-state index contributed by atoms with van der Waals surface area (Å²) in [5.74, 6) is 0.457. The number of benzene rings is 2. The van der Waals surface area contributed by atoms with Gasteiger partial charge in [-0.1, -0.05) is 12.1 Å². The summed E-state index contributed by atoms with van der Waals surface area (Å²) in [6, 6.07) is 13.8. The largest absolute Gasteiger partial charge is 0.497 e. The van der Waals surface area contributed by atoms with Gasteiger partial charge in [-0.3, -0.25) is 4.79 Å². The molecule has 168 valence electrons. The van der Waals surface area contributed by atoms with E-state index in [1.807, 2.05) is 38.1 Å². The molecular weight excluding hydrogens is 416 g/mol. The smallest absolute Gasteiger partial charge is 0.243 e. The van der Waals surface area contributed by atoms with Gasteiger partial charge >= 0.3 is 0 Å². The Kier molecular flexibility index (Phi) is 6.91. The SMILES string of the molecule is COc1ccc(S(=O)(=O)N2C[C@H](C(=O)N(C)C(C)C)[C@@H](c3cccc(OC)c3)C2)cc1. The van der Waals surface area contributed by atoms with Crippen LogP contribution in [0.25, 0.3) is 0 Å². The minimum Gasteiger partial charge on any atom is -0.497 e. The van der Waals surface area contributed by atoms with Gasteiger partial charge in [-0.05, 0) is 55.8 Å². The van der Waals surface area contributed by atoms with Gasteiger partial charge in [0.25, 0.3) is 0 Å².